The summed E-state index contributed by atoms with van der Waals surface area (Å²) in [5.41, 5.74) is 1.35. The first-order valence-electron chi connectivity index (χ1n) is 4.23. The minimum atomic E-state index is -0.834. The molecular formula is C10H16O2. The first-order valence-corrected chi connectivity index (χ1v) is 4.23. The lowest BCUT2D eigenvalue weighted by Gasteiger charge is -2.00. The summed E-state index contributed by atoms with van der Waals surface area (Å²) in [4.78, 5) is 10.7. The molecule has 68 valence electrons. The van der Waals surface area contributed by atoms with Crippen LogP contribution in [0.25, 0.3) is 0 Å². The van der Waals surface area contributed by atoms with E-state index in [1.165, 1.54) is 0 Å². The van der Waals surface area contributed by atoms with Crippen LogP contribution in [0.2, 0.25) is 0 Å². The van der Waals surface area contributed by atoms with E-state index in [-0.39, 0.29) is 0 Å². The molecule has 0 atom stereocenters. The molecule has 0 radical (unpaired) electrons. The molecule has 0 aliphatic heterocycles. The molecule has 0 aliphatic carbocycles. The van der Waals surface area contributed by atoms with Crippen molar-refractivity contribution in [2.75, 3.05) is 0 Å². The van der Waals surface area contributed by atoms with Crippen LogP contribution < -0.4 is 0 Å². The average Bonchev–Trinajstić information content (AvgIpc) is 2.04. The van der Waals surface area contributed by atoms with Crippen LogP contribution in [-0.4, -0.2) is 11.1 Å². The van der Waals surface area contributed by atoms with Gasteiger partial charge >= 0.3 is 5.97 Å². The van der Waals surface area contributed by atoms with Crippen molar-refractivity contribution < 1.29 is 9.90 Å². The normalized spacial score (nSPS) is 13.2. The Kier molecular flexibility index (Phi) is 5.09. The highest BCUT2D eigenvalue weighted by Crippen LogP contribution is 2.09. The van der Waals surface area contributed by atoms with Crippen LogP contribution in [0.5, 0.6) is 0 Å². The van der Waals surface area contributed by atoms with Gasteiger partial charge in [0.05, 0.1) is 5.57 Å². The quantitative estimate of drug-likeness (QED) is 0.517. The van der Waals surface area contributed by atoms with E-state index in [9.17, 15) is 4.79 Å². The van der Waals surface area contributed by atoms with Gasteiger partial charge in [0.25, 0.3) is 0 Å². The smallest absolute Gasteiger partial charge is 0.335 e. The standard InChI is InChI=1S/C10H16O2/c1-4-6-7-9(10(11)12)8(3)5-2/h6-7H,4-5H2,1-3H3,(H,11,12). The predicted octanol–water partition coefficient (Wildman–Crippen LogP) is 2.76. The van der Waals surface area contributed by atoms with Crippen molar-refractivity contribution in [1.29, 1.82) is 0 Å². The van der Waals surface area contributed by atoms with E-state index in [1.54, 1.807) is 6.08 Å². The lowest BCUT2D eigenvalue weighted by molar-refractivity contribution is -0.132. The molecule has 0 amide bonds. The molecule has 0 rings (SSSR count). The maximum atomic E-state index is 10.7. The fourth-order valence-electron chi connectivity index (χ4n) is 0.822. The van der Waals surface area contributed by atoms with E-state index in [0.29, 0.717) is 5.57 Å². The van der Waals surface area contributed by atoms with Crippen LogP contribution in [-0.2, 0) is 4.79 Å². The summed E-state index contributed by atoms with van der Waals surface area (Å²) in [5, 5.41) is 8.79. The summed E-state index contributed by atoms with van der Waals surface area (Å²) in [7, 11) is 0. The molecule has 12 heavy (non-hydrogen) atoms. The fraction of sp³-hybridized carbons (Fsp3) is 0.500. The molecule has 1 N–H and O–H groups in total. The molecule has 0 saturated heterocycles. The number of hydrogen-bond acceptors (Lipinski definition) is 1. The highest BCUT2D eigenvalue weighted by Gasteiger charge is 2.05. The van der Waals surface area contributed by atoms with Gasteiger partial charge in [0.1, 0.15) is 0 Å². The van der Waals surface area contributed by atoms with Crippen LogP contribution in [0.4, 0.5) is 0 Å². The highest BCUT2D eigenvalue weighted by molar-refractivity contribution is 5.90. The van der Waals surface area contributed by atoms with Gasteiger partial charge < -0.3 is 5.11 Å². The molecule has 0 aromatic heterocycles. The predicted molar refractivity (Wildman–Crippen MR) is 50.1 cm³/mol. The van der Waals surface area contributed by atoms with Crippen molar-refractivity contribution in [3.8, 4) is 0 Å². The lowest BCUT2D eigenvalue weighted by Crippen LogP contribution is -2.00. The highest BCUT2D eigenvalue weighted by atomic mass is 16.4. The van der Waals surface area contributed by atoms with Crippen LogP contribution >= 0.6 is 0 Å². The molecule has 0 unspecified atom stereocenters. The molecule has 0 aromatic carbocycles. The summed E-state index contributed by atoms with van der Waals surface area (Å²) in [6, 6.07) is 0. The Morgan fingerprint density at radius 1 is 1.42 bits per heavy atom. The molecule has 0 aromatic rings. The van der Waals surface area contributed by atoms with E-state index < -0.39 is 5.97 Å². The monoisotopic (exact) mass is 168 g/mol. The van der Waals surface area contributed by atoms with Crippen molar-refractivity contribution in [2.45, 2.75) is 33.6 Å². The van der Waals surface area contributed by atoms with E-state index in [0.717, 1.165) is 18.4 Å². The van der Waals surface area contributed by atoms with Crippen molar-refractivity contribution in [3.63, 3.8) is 0 Å². The summed E-state index contributed by atoms with van der Waals surface area (Å²) in [6.45, 7) is 5.79. The van der Waals surface area contributed by atoms with Gasteiger partial charge in [0, 0.05) is 0 Å². The summed E-state index contributed by atoms with van der Waals surface area (Å²) in [6.07, 6.45) is 5.20. The minimum Gasteiger partial charge on any atom is -0.478 e. The topological polar surface area (TPSA) is 37.3 Å². The van der Waals surface area contributed by atoms with Crippen molar-refractivity contribution in [3.05, 3.63) is 23.3 Å². The van der Waals surface area contributed by atoms with Gasteiger partial charge in [-0.1, -0.05) is 31.6 Å². The van der Waals surface area contributed by atoms with Gasteiger partial charge in [0.2, 0.25) is 0 Å². The Morgan fingerprint density at radius 3 is 2.33 bits per heavy atom. The van der Waals surface area contributed by atoms with E-state index in [2.05, 4.69) is 0 Å². The maximum Gasteiger partial charge on any atom is 0.335 e. The first kappa shape index (κ1) is 11.0. The molecule has 0 aliphatic rings. The number of carbonyl (C=O) groups is 1. The average molecular weight is 168 g/mol. The number of allylic oxidation sites excluding steroid dienone is 2. The van der Waals surface area contributed by atoms with Gasteiger partial charge in [-0.25, -0.2) is 4.79 Å². The Morgan fingerprint density at radius 2 is 2.00 bits per heavy atom. The van der Waals surface area contributed by atoms with Crippen LogP contribution in [0.3, 0.4) is 0 Å². The Labute approximate surface area is 73.6 Å². The van der Waals surface area contributed by atoms with Crippen molar-refractivity contribution in [1.82, 2.24) is 0 Å². The minimum absolute atomic E-state index is 0.430. The number of hydrogen-bond donors (Lipinski definition) is 1. The second kappa shape index (κ2) is 5.58. The third-order valence-electron chi connectivity index (χ3n) is 1.74. The molecule has 0 spiro atoms. The molecule has 0 heterocycles. The zero-order chi connectivity index (χ0) is 9.56. The van der Waals surface area contributed by atoms with Crippen LogP contribution in [0, 0.1) is 0 Å². The first-order chi connectivity index (χ1) is 5.63. The second-order valence-electron chi connectivity index (χ2n) is 2.66. The van der Waals surface area contributed by atoms with Gasteiger partial charge in [0.15, 0.2) is 0 Å². The van der Waals surface area contributed by atoms with E-state index in [4.69, 9.17) is 5.11 Å². The maximum absolute atomic E-state index is 10.7. The number of carboxylic acid groups (broad SMARTS) is 1. The third kappa shape index (κ3) is 3.37. The largest absolute Gasteiger partial charge is 0.478 e. The lowest BCUT2D eigenvalue weighted by atomic mass is 10.1. The van der Waals surface area contributed by atoms with Gasteiger partial charge in [-0.05, 0) is 19.8 Å². The van der Waals surface area contributed by atoms with Gasteiger partial charge in [-0.3, -0.25) is 0 Å². The summed E-state index contributed by atoms with van der Waals surface area (Å²) >= 11 is 0. The second-order valence-corrected chi connectivity index (χ2v) is 2.66. The summed E-state index contributed by atoms with van der Waals surface area (Å²) in [5.74, 6) is -0.834. The molecule has 0 fully saturated rings. The van der Waals surface area contributed by atoms with Crippen molar-refractivity contribution >= 4 is 5.97 Å². The molecule has 2 heteroatoms. The van der Waals surface area contributed by atoms with E-state index >= 15 is 0 Å². The zero-order valence-corrected chi connectivity index (χ0v) is 7.92. The number of rotatable bonds is 4. The number of aliphatic carboxylic acids is 1. The molecular weight excluding hydrogens is 152 g/mol. The van der Waals surface area contributed by atoms with Crippen LogP contribution in [0.1, 0.15) is 33.6 Å². The zero-order valence-electron chi connectivity index (χ0n) is 7.92. The summed E-state index contributed by atoms with van der Waals surface area (Å²) < 4.78 is 0. The van der Waals surface area contributed by atoms with Gasteiger partial charge in [-0.2, -0.15) is 0 Å². The molecule has 0 bridgehead atoms. The Bertz CT molecular complexity index is 212. The van der Waals surface area contributed by atoms with Gasteiger partial charge in [-0.15, -0.1) is 0 Å². The van der Waals surface area contributed by atoms with Crippen LogP contribution in [0.15, 0.2) is 23.3 Å². The Hall–Kier alpha value is -1.05. The number of carboxylic acids is 1. The molecule has 0 saturated carbocycles. The third-order valence-corrected chi connectivity index (χ3v) is 1.74. The Balaban J connectivity index is 4.66. The fourth-order valence-corrected chi connectivity index (χ4v) is 0.822. The van der Waals surface area contributed by atoms with E-state index in [1.807, 2.05) is 26.8 Å². The SMILES string of the molecule is CCC=CC(C(=O)O)=C(C)CC. The van der Waals surface area contributed by atoms with Crippen molar-refractivity contribution in [2.24, 2.45) is 0 Å². The molecule has 2 nitrogen and oxygen atoms in total.